The van der Waals surface area contributed by atoms with E-state index in [1.54, 1.807) is 30.3 Å². The van der Waals surface area contributed by atoms with E-state index in [2.05, 4.69) is 5.32 Å². The van der Waals surface area contributed by atoms with Crippen molar-refractivity contribution in [3.05, 3.63) is 53.1 Å². The van der Waals surface area contributed by atoms with Crippen LogP contribution < -0.4 is 19.1 Å². The molecule has 204 valence electrons. The Morgan fingerprint density at radius 1 is 1.03 bits per heavy atom. The maximum atomic E-state index is 13.7. The minimum absolute atomic E-state index is 0.104. The number of benzene rings is 2. The second kappa shape index (κ2) is 13.5. The van der Waals surface area contributed by atoms with Crippen LogP contribution in [-0.4, -0.2) is 64.7 Å². The molecular weight excluding hydrogens is 518 g/mol. The van der Waals surface area contributed by atoms with Crippen molar-refractivity contribution in [2.24, 2.45) is 5.92 Å². The monoisotopic (exact) mass is 553 g/mol. The smallest absolute Gasteiger partial charge is 0.244 e. The summed E-state index contributed by atoms with van der Waals surface area (Å²) in [6, 6.07) is 10.7. The van der Waals surface area contributed by atoms with Gasteiger partial charge in [-0.25, -0.2) is 8.42 Å². The molecular formula is C26H36ClN3O6S. The SMILES string of the molecule is CC[C@H](C(=O)NCC(C)C)N(Cc1ccc(Cl)cc1)C(=O)CN(c1ccc(OC)c(OC)c1)S(C)(=O)=O. The summed E-state index contributed by atoms with van der Waals surface area (Å²) in [6.07, 6.45) is 1.37. The summed E-state index contributed by atoms with van der Waals surface area (Å²) < 4.78 is 37.1. The van der Waals surface area contributed by atoms with Crippen LogP contribution in [0.25, 0.3) is 0 Å². The van der Waals surface area contributed by atoms with Crippen LogP contribution in [0.2, 0.25) is 5.02 Å². The Kier molecular flexibility index (Phi) is 11.1. The van der Waals surface area contributed by atoms with Crippen molar-refractivity contribution < 1.29 is 27.5 Å². The van der Waals surface area contributed by atoms with E-state index in [-0.39, 0.29) is 24.1 Å². The van der Waals surface area contributed by atoms with Gasteiger partial charge in [-0.3, -0.25) is 13.9 Å². The van der Waals surface area contributed by atoms with E-state index in [4.69, 9.17) is 21.1 Å². The Bertz CT molecular complexity index is 1170. The summed E-state index contributed by atoms with van der Waals surface area (Å²) in [7, 11) is -0.963. The third kappa shape index (κ3) is 8.53. The number of carbonyl (C=O) groups is 2. The molecule has 0 aliphatic heterocycles. The first-order valence-corrected chi connectivity index (χ1v) is 14.1. The third-order valence-electron chi connectivity index (χ3n) is 5.67. The Labute approximate surface area is 224 Å². The van der Waals surface area contributed by atoms with Gasteiger partial charge in [-0.15, -0.1) is 0 Å². The molecule has 37 heavy (non-hydrogen) atoms. The number of rotatable bonds is 13. The molecule has 0 aliphatic carbocycles. The van der Waals surface area contributed by atoms with E-state index in [0.29, 0.717) is 29.5 Å². The lowest BCUT2D eigenvalue weighted by atomic mass is 10.1. The topological polar surface area (TPSA) is 105 Å². The summed E-state index contributed by atoms with van der Waals surface area (Å²) in [5.41, 5.74) is 0.988. The molecule has 0 saturated heterocycles. The average molecular weight is 554 g/mol. The van der Waals surface area contributed by atoms with E-state index in [9.17, 15) is 18.0 Å². The summed E-state index contributed by atoms with van der Waals surface area (Å²) >= 11 is 6.02. The molecule has 0 spiro atoms. The molecule has 0 bridgehead atoms. The highest BCUT2D eigenvalue weighted by atomic mass is 35.5. The molecule has 0 heterocycles. The number of nitrogens with zero attached hydrogens (tertiary/aromatic N) is 2. The van der Waals surface area contributed by atoms with E-state index < -0.39 is 28.5 Å². The van der Waals surface area contributed by atoms with Crippen LogP contribution in [0, 0.1) is 5.92 Å². The number of anilines is 1. The average Bonchev–Trinajstić information content (AvgIpc) is 2.85. The van der Waals surface area contributed by atoms with Gasteiger partial charge in [-0.2, -0.15) is 0 Å². The molecule has 2 rings (SSSR count). The molecule has 0 unspecified atom stereocenters. The molecule has 2 amide bonds. The summed E-state index contributed by atoms with van der Waals surface area (Å²) in [6.45, 7) is 5.82. The van der Waals surface area contributed by atoms with Gasteiger partial charge in [0.1, 0.15) is 12.6 Å². The Morgan fingerprint density at radius 3 is 2.16 bits per heavy atom. The standard InChI is InChI=1S/C26H36ClN3O6S/c1-7-22(26(32)28-15-18(2)3)29(16-19-8-10-20(27)11-9-19)25(31)17-30(37(6,33)34)21-12-13-23(35-4)24(14-21)36-5/h8-14,18,22H,7,15-17H2,1-6H3,(H,28,32)/t22-/m1/s1. The van der Waals surface area contributed by atoms with Gasteiger partial charge in [0.25, 0.3) is 0 Å². The van der Waals surface area contributed by atoms with Gasteiger partial charge in [0.2, 0.25) is 21.8 Å². The number of hydrogen-bond acceptors (Lipinski definition) is 6. The number of nitrogens with one attached hydrogen (secondary N) is 1. The lowest BCUT2D eigenvalue weighted by molar-refractivity contribution is -0.140. The molecule has 2 aromatic carbocycles. The molecule has 11 heteroatoms. The number of halogens is 1. The number of carbonyl (C=O) groups excluding carboxylic acids is 2. The first kappa shape index (κ1) is 30.2. The van der Waals surface area contributed by atoms with Gasteiger partial charge in [0.05, 0.1) is 26.2 Å². The first-order valence-electron chi connectivity index (χ1n) is 11.9. The van der Waals surface area contributed by atoms with Crippen molar-refractivity contribution in [2.45, 2.75) is 39.8 Å². The maximum Gasteiger partial charge on any atom is 0.244 e. The number of hydrogen-bond donors (Lipinski definition) is 1. The molecule has 2 aromatic rings. The minimum Gasteiger partial charge on any atom is -0.493 e. The van der Waals surface area contributed by atoms with E-state index in [1.165, 1.54) is 31.3 Å². The van der Waals surface area contributed by atoms with Gasteiger partial charge < -0.3 is 19.7 Å². The second-order valence-corrected chi connectivity index (χ2v) is 11.4. The van der Waals surface area contributed by atoms with Crippen LogP contribution in [0.3, 0.4) is 0 Å². The van der Waals surface area contributed by atoms with E-state index in [0.717, 1.165) is 16.1 Å². The molecule has 1 N–H and O–H groups in total. The predicted octanol–water partition coefficient (Wildman–Crippen LogP) is 3.70. The van der Waals surface area contributed by atoms with E-state index >= 15 is 0 Å². The predicted molar refractivity (Wildman–Crippen MR) is 146 cm³/mol. The van der Waals surface area contributed by atoms with Crippen LogP contribution >= 0.6 is 11.6 Å². The number of ether oxygens (including phenoxy) is 2. The maximum absolute atomic E-state index is 13.7. The van der Waals surface area contributed by atoms with E-state index in [1.807, 2.05) is 20.8 Å². The third-order valence-corrected chi connectivity index (χ3v) is 7.06. The van der Waals surface area contributed by atoms with Crippen molar-refractivity contribution >= 4 is 39.1 Å². The molecule has 0 aromatic heterocycles. The van der Waals surface area contributed by atoms with Gasteiger partial charge >= 0.3 is 0 Å². The lowest BCUT2D eigenvalue weighted by Gasteiger charge is -2.33. The number of amides is 2. The van der Waals surface area contributed by atoms with Crippen LogP contribution in [0.1, 0.15) is 32.8 Å². The Morgan fingerprint density at radius 2 is 1.65 bits per heavy atom. The summed E-state index contributed by atoms with van der Waals surface area (Å²) in [5, 5.41) is 3.43. The van der Waals surface area contributed by atoms with Crippen molar-refractivity contribution in [1.29, 1.82) is 0 Å². The fourth-order valence-corrected chi connectivity index (χ4v) is 4.69. The summed E-state index contributed by atoms with van der Waals surface area (Å²) in [4.78, 5) is 28.2. The second-order valence-electron chi connectivity index (χ2n) is 9.02. The normalized spacial score (nSPS) is 12.1. The zero-order valence-electron chi connectivity index (χ0n) is 22.2. The van der Waals surface area contributed by atoms with Gasteiger partial charge in [-0.1, -0.05) is 44.5 Å². The van der Waals surface area contributed by atoms with Gasteiger partial charge in [0.15, 0.2) is 11.5 Å². The van der Waals surface area contributed by atoms with Crippen molar-refractivity contribution in [1.82, 2.24) is 10.2 Å². The first-order chi connectivity index (χ1) is 17.4. The molecule has 0 saturated carbocycles. The number of methoxy groups -OCH3 is 2. The Balaban J connectivity index is 2.46. The van der Waals surface area contributed by atoms with Crippen LogP contribution in [0.15, 0.2) is 42.5 Å². The number of sulfonamides is 1. The quantitative estimate of drug-likeness (QED) is 0.405. The van der Waals surface area contributed by atoms with Gasteiger partial charge in [-0.05, 0) is 42.2 Å². The fourth-order valence-electron chi connectivity index (χ4n) is 3.72. The molecule has 0 aliphatic rings. The van der Waals surface area contributed by atoms with Crippen molar-refractivity contribution in [2.75, 3.05) is 37.9 Å². The van der Waals surface area contributed by atoms with Crippen LogP contribution in [0.5, 0.6) is 11.5 Å². The fraction of sp³-hybridized carbons (Fsp3) is 0.462. The van der Waals surface area contributed by atoms with Crippen LogP contribution in [-0.2, 0) is 26.2 Å². The molecule has 0 radical (unpaired) electrons. The van der Waals surface area contributed by atoms with Gasteiger partial charge in [0, 0.05) is 24.2 Å². The molecule has 1 atom stereocenters. The highest BCUT2D eigenvalue weighted by Crippen LogP contribution is 2.32. The van der Waals surface area contributed by atoms with Crippen molar-refractivity contribution in [3.63, 3.8) is 0 Å². The summed E-state index contributed by atoms with van der Waals surface area (Å²) in [5.74, 6) is 0.145. The van der Waals surface area contributed by atoms with Crippen molar-refractivity contribution in [3.8, 4) is 11.5 Å². The highest BCUT2D eigenvalue weighted by Gasteiger charge is 2.32. The molecule has 9 nitrogen and oxygen atoms in total. The Hall–Kier alpha value is -2.98. The zero-order chi connectivity index (χ0) is 27.8. The zero-order valence-corrected chi connectivity index (χ0v) is 23.7. The minimum atomic E-state index is -3.87. The van der Waals surface area contributed by atoms with Crippen LogP contribution in [0.4, 0.5) is 5.69 Å². The molecule has 0 fully saturated rings. The lowest BCUT2D eigenvalue weighted by Crippen LogP contribution is -2.52. The highest BCUT2D eigenvalue weighted by molar-refractivity contribution is 7.92. The largest absolute Gasteiger partial charge is 0.493 e.